The Kier molecular flexibility index (Phi) is 6.06. The first kappa shape index (κ1) is 20.6. The Morgan fingerprint density at radius 1 is 1.03 bits per heavy atom. The molecule has 3 rings (SSSR count). The first-order valence-corrected chi connectivity index (χ1v) is 9.65. The Labute approximate surface area is 170 Å². The fourth-order valence-corrected chi connectivity index (χ4v) is 2.99. The number of aryl methyl sites for hydroxylation is 1. The summed E-state index contributed by atoms with van der Waals surface area (Å²) in [5.41, 5.74) is 2.95. The van der Waals surface area contributed by atoms with E-state index in [2.05, 4.69) is 20.8 Å². The molecule has 3 aromatic rings. The van der Waals surface area contributed by atoms with Crippen molar-refractivity contribution in [3.8, 4) is 5.75 Å². The number of ether oxygens (including phenoxy) is 2. The van der Waals surface area contributed by atoms with E-state index in [0.717, 1.165) is 10.9 Å². The summed E-state index contributed by atoms with van der Waals surface area (Å²) < 4.78 is 16.2. The second kappa shape index (κ2) is 8.52. The lowest BCUT2D eigenvalue weighted by Gasteiger charge is -2.19. The van der Waals surface area contributed by atoms with Gasteiger partial charge in [0.2, 0.25) is 0 Å². The van der Waals surface area contributed by atoms with Crippen LogP contribution in [-0.4, -0.2) is 12.6 Å². The molecule has 0 amide bonds. The van der Waals surface area contributed by atoms with Crippen molar-refractivity contribution >= 4 is 16.9 Å². The van der Waals surface area contributed by atoms with Crippen LogP contribution in [0.5, 0.6) is 5.75 Å². The zero-order valence-electron chi connectivity index (χ0n) is 17.3. The van der Waals surface area contributed by atoms with Gasteiger partial charge in [-0.15, -0.1) is 0 Å². The zero-order valence-corrected chi connectivity index (χ0v) is 17.3. The topological polar surface area (TPSA) is 65.7 Å². The van der Waals surface area contributed by atoms with E-state index in [-0.39, 0.29) is 31.0 Å². The van der Waals surface area contributed by atoms with Gasteiger partial charge in [0.1, 0.15) is 17.9 Å². The molecular formula is C24H26O5. The van der Waals surface area contributed by atoms with Crippen LogP contribution in [0.2, 0.25) is 0 Å². The average Bonchev–Trinajstić information content (AvgIpc) is 2.65. The van der Waals surface area contributed by atoms with Crippen LogP contribution in [0.1, 0.15) is 43.9 Å². The van der Waals surface area contributed by atoms with Gasteiger partial charge in [0.25, 0.3) is 0 Å². The molecule has 0 aliphatic rings. The maximum Gasteiger partial charge on any atom is 0.336 e. The molecule has 1 aromatic heterocycles. The van der Waals surface area contributed by atoms with Crippen molar-refractivity contribution in [2.45, 2.75) is 46.1 Å². The van der Waals surface area contributed by atoms with Gasteiger partial charge >= 0.3 is 11.6 Å². The molecule has 0 atom stereocenters. The van der Waals surface area contributed by atoms with Gasteiger partial charge in [-0.25, -0.2) is 4.79 Å². The summed E-state index contributed by atoms with van der Waals surface area (Å²) in [6, 6.07) is 14.8. The van der Waals surface area contributed by atoms with E-state index in [0.29, 0.717) is 16.9 Å². The first-order chi connectivity index (χ1) is 13.7. The number of carbonyl (C=O) groups is 1. The predicted octanol–water partition coefficient (Wildman–Crippen LogP) is 4.91. The standard InChI is InChI=1S/C24H26O5/c1-16-5-10-20-17(14-23(26)29-21(20)13-16)15-28-22(25)11-12-27-19-8-6-18(7-9-19)24(2,3)4/h5-10,13-14H,11-12,15H2,1-4H3. The SMILES string of the molecule is Cc1ccc2c(COC(=O)CCOc3ccc(C(C)(C)C)cc3)cc(=O)oc2c1. The quantitative estimate of drug-likeness (QED) is 0.439. The molecule has 0 fully saturated rings. The number of hydrogen-bond acceptors (Lipinski definition) is 5. The van der Waals surface area contributed by atoms with Crippen LogP contribution < -0.4 is 10.4 Å². The molecule has 5 heteroatoms. The number of hydrogen-bond donors (Lipinski definition) is 0. The third-order valence-corrected chi connectivity index (χ3v) is 4.67. The highest BCUT2D eigenvalue weighted by atomic mass is 16.5. The number of benzene rings is 2. The summed E-state index contributed by atoms with van der Waals surface area (Å²) in [6.07, 6.45) is 0.125. The molecule has 29 heavy (non-hydrogen) atoms. The molecule has 5 nitrogen and oxygen atoms in total. The van der Waals surface area contributed by atoms with Crippen LogP contribution in [0.15, 0.2) is 57.7 Å². The molecule has 0 radical (unpaired) electrons. The van der Waals surface area contributed by atoms with Crippen LogP contribution in [0.3, 0.4) is 0 Å². The van der Waals surface area contributed by atoms with E-state index in [1.807, 2.05) is 43.3 Å². The summed E-state index contributed by atoms with van der Waals surface area (Å²) >= 11 is 0. The van der Waals surface area contributed by atoms with Crippen LogP contribution in [0.4, 0.5) is 0 Å². The van der Waals surface area contributed by atoms with Crippen molar-refractivity contribution in [1.29, 1.82) is 0 Å². The van der Waals surface area contributed by atoms with Crippen molar-refractivity contribution in [3.05, 3.63) is 75.6 Å². The van der Waals surface area contributed by atoms with E-state index in [4.69, 9.17) is 13.9 Å². The largest absolute Gasteiger partial charge is 0.493 e. The van der Waals surface area contributed by atoms with E-state index in [9.17, 15) is 9.59 Å². The molecule has 2 aromatic carbocycles. The molecule has 0 N–H and O–H groups in total. The van der Waals surface area contributed by atoms with E-state index in [1.54, 1.807) is 6.07 Å². The Bertz CT molecular complexity index is 1060. The monoisotopic (exact) mass is 394 g/mol. The molecule has 0 aliphatic heterocycles. The van der Waals surface area contributed by atoms with Crippen LogP contribution in [-0.2, 0) is 21.6 Å². The predicted molar refractivity (Wildman–Crippen MR) is 112 cm³/mol. The minimum Gasteiger partial charge on any atom is -0.493 e. The lowest BCUT2D eigenvalue weighted by atomic mass is 9.87. The van der Waals surface area contributed by atoms with Crippen molar-refractivity contribution in [3.63, 3.8) is 0 Å². The Morgan fingerprint density at radius 3 is 2.45 bits per heavy atom. The van der Waals surface area contributed by atoms with Crippen molar-refractivity contribution in [2.24, 2.45) is 0 Å². The number of carbonyl (C=O) groups excluding carboxylic acids is 1. The molecule has 0 saturated carbocycles. The van der Waals surface area contributed by atoms with Gasteiger partial charge in [-0.3, -0.25) is 4.79 Å². The van der Waals surface area contributed by atoms with E-state index >= 15 is 0 Å². The third-order valence-electron chi connectivity index (χ3n) is 4.67. The van der Waals surface area contributed by atoms with Gasteiger partial charge in [-0.2, -0.15) is 0 Å². The van der Waals surface area contributed by atoms with Crippen LogP contribution in [0, 0.1) is 6.92 Å². The Morgan fingerprint density at radius 2 is 1.76 bits per heavy atom. The average molecular weight is 394 g/mol. The Balaban J connectivity index is 1.53. The van der Waals surface area contributed by atoms with Crippen molar-refractivity contribution < 1.29 is 18.7 Å². The highest BCUT2D eigenvalue weighted by molar-refractivity contribution is 5.81. The lowest BCUT2D eigenvalue weighted by molar-refractivity contribution is -0.145. The van der Waals surface area contributed by atoms with Gasteiger partial charge in [0, 0.05) is 17.0 Å². The smallest absolute Gasteiger partial charge is 0.336 e. The summed E-state index contributed by atoms with van der Waals surface area (Å²) in [6.45, 7) is 8.62. The summed E-state index contributed by atoms with van der Waals surface area (Å²) in [5.74, 6) is 0.331. The maximum atomic E-state index is 12.1. The minimum atomic E-state index is -0.462. The van der Waals surface area contributed by atoms with E-state index in [1.165, 1.54) is 11.6 Å². The fraction of sp³-hybridized carbons (Fsp3) is 0.333. The highest BCUT2D eigenvalue weighted by Crippen LogP contribution is 2.24. The number of rotatable bonds is 6. The zero-order chi connectivity index (χ0) is 21.0. The van der Waals surface area contributed by atoms with Crippen LogP contribution in [0.25, 0.3) is 11.0 Å². The fourth-order valence-electron chi connectivity index (χ4n) is 2.99. The summed E-state index contributed by atoms with van der Waals surface area (Å²) in [5, 5.41) is 0.762. The van der Waals surface area contributed by atoms with Crippen LogP contribution >= 0.6 is 0 Å². The molecule has 0 spiro atoms. The molecule has 0 saturated heterocycles. The normalized spacial score (nSPS) is 11.4. The Hall–Kier alpha value is -3.08. The van der Waals surface area contributed by atoms with Gasteiger partial charge in [0.15, 0.2) is 0 Å². The molecule has 0 unspecified atom stereocenters. The van der Waals surface area contributed by atoms with Gasteiger partial charge in [0.05, 0.1) is 13.0 Å². The van der Waals surface area contributed by atoms with Gasteiger partial charge in [-0.1, -0.05) is 45.0 Å². The maximum absolute atomic E-state index is 12.1. The minimum absolute atomic E-state index is 0.0181. The molecular weight excluding hydrogens is 368 g/mol. The molecule has 1 heterocycles. The summed E-state index contributed by atoms with van der Waals surface area (Å²) in [4.78, 5) is 23.8. The molecule has 0 aliphatic carbocycles. The molecule has 0 bridgehead atoms. The van der Waals surface area contributed by atoms with Crippen molar-refractivity contribution in [2.75, 3.05) is 6.61 Å². The lowest BCUT2D eigenvalue weighted by Crippen LogP contribution is -2.12. The summed E-state index contributed by atoms with van der Waals surface area (Å²) in [7, 11) is 0. The van der Waals surface area contributed by atoms with Gasteiger partial charge in [-0.05, 0) is 41.7 Å². The number of fused-ring (bicyclic) bond motifs is 1. The number of esters is 1. The first-order valence-electron chi connectivity index (χ1n) is 9.65. The van der Waals surface area contributed by atoms with Gasteiger partial charge < -0.3 is 13.9 Å². The van der Waals surface area contributed by atoms with Crippen molar-refractivity contribution in [1.82, 2.24) is 0 Å². The highest BCUT2D eigenvalue weighted by Gasteiger charge is 2.13. The van der Waals surface area contributed by atoms with E-state index < -0.39 is 5.63 Å². The third kappa shape index (κ3) is 5.47. The molecule has 152 valence electrons. The second-order valence-corrected chi connectivity index (χ2v) is 8.12. The second-order valence-electron chi connectivity index (χ2n) is 8.12.